The fraction of sp³-hybridized carbons (Fsp3) is 1.00. The van der Waals surface area contributed by atoms with Gasteiger partial charge in [-0.3, -0.25) is 4.55 Å². The van der Waals surface area contributed by atoms with Gasteiger partial charge in [-0.2, -0.15) is 12.0 Å². The molecule has 0 aromatic carbocycles. The Balaban J connectivity index is 3.05. The molecule has 0 aliphatic carbocycles. The fourth-order valence-electron chi connectivity index (χ4n) is 1.39. The van der Waals surface area contributed by atoms with Crippen LogP contribution in [0.4, 0.5) is 0 Å². The summed E-state index contributed by atoms with van der Waals surface area (Å²) in [5, 5.41) is 0. The maximum atomic E-state index is 10.2. The Morgan fingerprint density at radius 2 is 1.50 bits per heavy atom. The largest absolute Gasteiger partial charge is 0.408 e. The lowest BCUT2D eigenvalue weighted by Gasteiger charge is -2.01. The minimum atomic E-state index is -4.27. The number of unbranched alkanes of at least 4 members (excludes halogenated alkanes) is 7. The van der Waals surface area contributed by atoms with E-state index in [0.717, 1.165) is 24.9 Å². The molecule has 0 unspecified atom stereocenters. The maximum Gasteiger partial charge on any atom is 0.408 e. The number of hydrogen-bond donors (Lipinski definition) is 1. The summed E-state index contributed by atoms with van der Waals surface area (Å²) in [5.74, 6) is 0.606. The van der Waals surface area contributed by atoms with Crippen LogP contribution >= 0.6 is 12.0 Å². The highest BCUT2D eigenvalue weighted by atomic mass is 32.3. The first-order valence-electron chi connectivity index (χ1n) is 5.85. The average Bonchev–Trinajstić information content (AvgIpc) is 2.19. The first kappa shape index (κ1) is 16.2. The van der Waals surface area contributed by atoms with Gasteiger partial charge in [0.2, 0.25) is 0 Å². The van der Waals surface area contributed by atoms with Gasteiger partial charge in [-0.25, -0.2) is 0 Å². The van der Waals surface area contributed by atoms with Crippen LogP contribution in [0.2, 0.25) is 0 Å². The van der Waals surface area contributed by atoms with Gasteiger partial charge in [-0.1, -0.05) is 51.9 Å². The van der Waals surface area contributed by atoms with Gasteiger partial charge < -0.3 is 0 Å². The van der Waals surface area contributed by atoms with E-state index in [2.05, 4.69) is 10.6 Å². The standard InChI is InChI=1S/C10H22O4S2/c1-2-3-4-5-6-7-8-9-10-15-14-16(11,12)13/h2-10H2,1H3,(H,11,12,13). The Hall–Kier alpha value is 0.220. The summed E-state index contributed by atoms with van der Waals surface area (Å²) in [6.07, 6.45) is 9.66. The summed E-state index contributed by atoms with van der Waals surface area (Å²) < 4.78 is 32.8. The molecule has 0 amide bonds. The summed E-state index contributed by atoms with van der Waals surface area (Å²) in [6, 6.07) is 0. The van der Waals surface area contributed by atoms with E-state index in [-0.39, 0.29) is 0 Å². The molecule has 0 aliphatic heterocycles. The van der Waals surface area contributed by atoms with Gasteiger partial charge in [-0.15, -0.1) is 0 Å². The van der Waals surface area contributed by atoms with Crippen LogP contribution in [0, 0.1) is 0 Å². The van der Waals surface area contributed by atoms with Crippen molar-refractivity contribution in [2.24, 2.45) is 0 Å². The zero-order valence-corrected chi connectivity index (χ0v) is 11.5. The molecule has 0 aromatic rings. The van der Waals surface area contributed by atoms with Crippen molar-refractivity contribution in [3.05, 3.63) is 0 Å². The molecule has 0 saturated carbocycles. The third kappa shape index (κ3) is 14.2. The molecule has 1 N–H and O–H groups in total. The molecule has 6 heteroatoms. The first-order valence-corrected chi connectivity index (χ1v) is 8.12. The predicted molar refractivity (Wildman–Crippen MR) is 67.7 cm³/mol. The summed E-state index contributed by atoms with van der Waals surface area (Å²) in [5.41, 5.74) is 0. The SMILES string of the molecule is CCCCCCCCCCSOS(=O)(=O)O. The molecule has 0 radical (unpaired) electrons. The number of rotatable bonds is 11. The highest BCUT2D eigenvalue weighted by molar-refractivity contribution is 8.02. The topological polar surface area (TPSA) is 63.6 Å². The number of hydrogen-bond acceptors (Lipinski definition) is 4. The maximum absolute atomic E-state index is 10.2. The van der Waals surface area contributed by atoms with Crippen molar-refractivity contribution in [2.45, 2.75) is 58.3 Å². The normalized spacial score (nSPS) is 11.9. The second-order valence-electron chi connectivity index (χ2n) is 3.79. The summed E-state index contributed by atoms with van der Waals surface area (Å²) in [4.78, 5) is 0. The second-order valence-corrected chi connectivity index (χ2v) is 5.84. The third-order valence-corrected chi connectivity index (χ3v) is 3.74. The lowest BCUT2D eigenvalue weighted by atomic mass is 10.1. The lowest BCUT2D eigenvalue weighted by Crippen LogP contribution is -1.97. The van der Waals surface area contributed by atoms with Gasteiger partial charge in [0.15, 0.2) is 0 Å². The molecule has 0 fully saturated rings. The smallest absolute Gasteiger partial charge is 0.263 e. The molecule has 4 nitrogen and oxygen atoms in total. The zero-order chi connectivity index (χ0) is 12.3. The second kappa shape index (κ2) is 10.4. The Kier molecular flexibility index (Phi) is 10.5. The van der Waals surface area contributed by atoms with Crippen LogP contribution in [0.15, 0.2) is 0 Å². The summed E-state index contributed by atoms with van der Waals surface area (Å²) >= 11 is 0.794. The Bertz CT molecular complexity index is 239. The van der Waals surface area contributed by atoms with E-state index in [1.165, 1.54) is 38.5 Å². The van der Waals surface area contributed by atoms with E-state index in [4.69, 9.17) is 4.55 Å². The summed E-state index contributed by atoms with van der Waals surface area (Å²) in [6.45, 7) is 2.20. The van der Waals surface area contributed by atoms with Gasteiger partial charge in [0.05, 0.1) is 0 Å². The highest BCUT2D eigenvalue weighted by Crippen LogP contribution is 2.13. The third-order valence-electron chi connectivity index (χ3n) is 2.22. The van der Waals surface area contributed by atoms with Crippen molar-refractivity contribution in [1.29, 1.82) is 0 Å². The molecule has 0 heterocycles. The average molecular weight is 270 g/mol. The van der Waals surface area contributed by atoms with Crippen molar-refractivity contribution in [2.75, 3.05) is 5.75 Å². The monoisotopic (exact) mass is 270 g/mol. The van der Waals surface area contributed by atoms with E-state index in [0.29, 0.717) is 5.75 Å². The molecule has 98 valence electrons. The van der Waals surface area contributed by atoms with Gasteiger partial charge in [0, 0.05) is 17.8 Å². The Morgan fingerprint density at radius 1 is 1.00 bits per heavy atom. The van der Waals surface area contributed by atoms with Crippen molar-refractivity contribution in [1.82, 2.24) is 0 Å². The molecule has 0 aromatic heterocycles. The van der Waals surface area contributed by atoms with E-state index >= 15 is 0 Å². The minimum absolute atomic E-state index is 0.606. The van der Waals surface area contributed by atoms with Crippen LogP contribution in [0.3, 0.4) is 0 Å². The van der Waals surface area contributed by atoms with Gasteiger partial charge in [0.25, 0.3) is 0 Å². The van der Waals surface area contributed by atoms with E-state index in [9.17, 15) is 8.42 Å². The molecule has 0 saturated heterocycles. The van der Waals surface area contributed by atoms with Crippen LogP contribution < -0.4 is 0 Å². The molecule has 0 aliphatic rings. The van der Waals surface area contributed by atoms with E-state index in [1.54, 1.807) is 0 Å². The van der Waals surface area contributed by atoms with Crippen molar-refractivity contribution in [3.63, 3.8) is 0 Å². The van der Waals surface area contributed by atoms with Crippen LogP contribution in [0.25, 0.3) is 0 Å². The minimum Gasteiger partial charge on any atom is -0.263 e. The molecule has 0 atom stereocenters. The van der Waals surface area contributed by atoms with Crippen LogP contribution in [-0.2, 0) is 14.0 Å². The Labute approximate surface area is 103 Å². The molecular formula is C10H22O4S2. The molecule has 0 spiro atoms. The van der Waals surface area contributed by atoms with Gasteiger partial charge in [0.1, 0.15) is 0 Å². The van der Waals surface area contributed by atoms with Crippen molar-refractivity contribution in [3.8, 4) is 0 Å². The molecule has 16 heavy (non-hydrogen) atoms. The lowest BCUT2D eigenvalue weighted by molar-refractivity contribution is 0.407. The van der Waals surface area contributed by atoms with E-state index in [1.807, 2.05) is 0 Å². The first-order chi connectivity index (χ1) is 7.56. The zero-order valence-electron chi connectivity index (χ0n) is 9.85. The van der Waals surface area contributed by atoms with E-state index < -0.39 is 10.4 Å². The fourth-order valence-corrected chi connectivity index (χ4v) is 2.47. The summed E-state index contributed by atoms with van der Waals surface area (Å²) in [7, 11) is -4.27. The van der Waals surface area contributed by atoms with Crippen LogP contribution in [0.5, 0.6) is 0 Å². The highest BCUT2D eigenvalue weighted by Gasteiger charge is 2.03. The molecule has 0 bridgehead atoms. The van der Waals surface area contributed by atoms with Gasteiger partial charge in [-0.05, 0) is 6.42 Å². The molecular weight excluding hydrogens is 248 g/mol. The van der Waals surface area contributed by atoms with Crippen LogP contribution in [-0.4, -0.2) is 18.7 Å². The van der Waals surface area contributed by atoms with Gasteiger partial charge >= 0.3 is 10.4 Å². The molecule has 0 rings (SSSR count). The predicted octanol–water partition coefficient (Wildman–Crippen LogP) is 3.59. The van der Waals surface area contributed by atoms with Crippen molar-refractivity contribution < 1.29 is 16.6 Å². The Morgan fingerprint density at radius 3 is 2.00 bits per heavy atom. The van der Waals surface area contributed by atoms with Crippen molar-refractivity contribution >= 4 is 22.4 Å². The van der Waals surface area contributed by atoms with Crippen LogP contribution in [0.1, 0.15) is 58.3 Å². The quantitative estimate of drug-likeness (QED) is 0.353.